The van der Waals surface area contributed by atoms with Crippen LogP contribution in [-0.4, -0.2) is 32.1 Å². The number of carbonyl (C=O) groups is 1. The fraction of sp³-hybridized carbons (Fsp3) is 0.375. The Morgan fingerprint density at radius 2 is 2.35 bits per heavy atom. The van der Waals surface area contributed by atoms with Crippen LogP contribution in [0, 0.1) is 6.92 Å². The van der Waals surface area contributed by atoms with Crippen LogP contribution in [0.25, 0.3) is 0 Å². The van der Waals surface area contributed by atoms with E-state index in [0.717, 1.165) is 11.8 Å². The van der Waals surface area contributed by atoms with Crippen molar-refractivity contribution in [1.29, 1.82) is 0 Å². The highest BCUT2D eigenvalue weighted by atomic mass is 32.2. The van der Waals surface area contributed by atoms with E-state index in [1.807, 2.05) is 0 Å². The van der Waals surface area contributed by atoms with Crippen LogP contribution in [0.15, 0.2) is 14.0 Å². The summed E-state index contributed by atoms with van der Waals surface area (Å²) >= 11 is 2.39. The third kappa shape index (κ3) is 3.01. The number of esters is 1. The SMILES string of the molecule is CCOC(=O)c1nnc(Sc2nc(C)ns2)o1. The summed E-state index contributed by atoms with van der Waals surface area (Å²) in [6, 6.07) is 0. The van der Waals surface area contributed by atoms with Gasteiger partial charge in [-0.1, -0.05) is 5.10 Å². The fourth-order valence-electron chi connectivity index (χ4n) is 0.921. The predicted molar refractivity (Wildman–Crippen MR) is 59.0 cm³/mol. The normalized spacial score (nSPS) is 10.5. The maximum absolute atomic E-state index is 11.3. The standard InChI is InChI=1S/C8H8N4O3S2/c1-3-14-6(13)5-10-11-7(15-5)16-8-9-4(2)12-17-8/h3H2,1-2H3. The maximum Gasteiger partial charge on any atom is 0.396 e. The van der Waals surface area contributed by atoms with Crippen LogP contribution >= 0.6 is 23.3 Å². The summed E-state index contributed by atoms with van der Waals surface area (Å²) in [7, 11) is 0. The quantitative estimate of drug-likeness (QED) is 0.774. The third-order valence-electron chi connectivity index (χ3n) is 1.54. The van der Waals surface area contributed by atoms with Gasteiger partial charge in [-0.05, 0) is 25.4 Å². The van der Waals surface area contributed by atoms with Gasteiger partial charge in [0.25, 0.3) is 5.22 Å². The summed E-state index contributed by atoms with van der Waals surface area (Å²) < 4.78 is 14.5. The van der Waals surface area contributed by atoms with Crippen LogP contribution in [-0.2, 0) is 4.74 Å². The van der Waals surface area contributed by atoms with Crippen molar-refractivity contribution in [3.63, 3.8) is 0 Å². The van der Waals surface area contributed by atoms with Gasteiger partial charge in [0.05, 0.1) is 6.61 Å². The van der Waals surface area contributed by atoms with Gasteiger partial charge in [0.2, 0.25) is 0 Å². The smallest absolute Gasteiger partial charge is 0.396 e. The lowest BCUT2D eigenvalue weighted by atomic mass is 10.7. The molecule has 2 aromatic heterocycles. The van der Waals surface area contributed by atoms with Crippen LogP contribution < -0.4 is 0 Å². The van der Waals surface area contributed by atoms with Crippen LogP contribution in [0.4, 0.5) is 0 Å². The van der Waals surface area contributed by atoms with E-state index in [1.54, 1.807) is 13.8 Å². The lowest BCUT2D eigenvalue weighted by molar-refractivity contribution is 0.0475. The Labute approximate surface area is 105 Å². The summed E-state index contributed by atoms with van der Waals surface area (Å²) in [4.78, 5) is 15.4. The van der Waals surface area contributed by atoms with Crippen molar-refractivity contribution in [3.8, 4) is 0 Å². The summed E-state index contributed by atoms with van der Waals surface area (Å²) in [6.07, 6.45) is 0. The predicted octanol–water partition coefficient (Wildman–Crippen LogP) is 1.56. The van der Waals surface area contributed by atoms with Gasteiger partial charge in [-0.15, -0.1) is 5.10 Å². The molecule has 2 aromatic rings. The van der Waals surface area contributed by atoms with E-state index in [1.165, 1.54) is 11.5 Å². The zero-order valence-electron chi connectivity index (χ0n) is 9.04. The van der Waals surface area contributed by atoms with Crippen molar-refractivity contribution >= 4 is 29.3 Å². The maximum atomic E-state index is 11.3. The Kier molecular flexibility index (Phi) is 3.69. The second kappa shape index (κ2) is 5.23. The first-order valence-electron chi connectivity index (χ1n) is 4.68. The Bertz CT molecular complexity index is 524. The van der Waals surface area contributed by atoms with E-state index in [9.17, 15) is 4.79 Å². The molecule has 0 aliphatic carbocycles. The fourth-order valence-corrected chi connectivity index (χ4v) is 2.35. The molecular weight excluding hydrogens is 264 g/mol. The van der Waals surface area contributed by atoms with E-state index in [0.29, 0.717) is 10.2 Å². The molecule has 0 radical (unpaired) electrons. The number of hydrogen-bond donors (Lipinski definition) is 0. The average Bonchev–Trinajstić information content (AvgIpc) is 2.89. The van der Waals surface area contributed by atoms with Crippen molar-refractivity contribution < 1.29 is 13.9 Å². The highest BCUT2D eigenvalue weighted by Gasteiger charge is 2.17. The van der Waals surface area contributed by atoms with Crippen molar-refractivity contribution in [3.05, 3.63) is 11.7 Å². The molecule has 0 aliphatic heterocycles. The molecule has 0 spiro atoms. The van der Waals surface area contributed by atoms with Crippen LogP contribution in [0.5, 0.6) is 0 Å². The Morgan fingerprint density at radius 1 is 1.53 bits per heavy atom. The minimum absolute atomic E-state index is 0.157. The molecule has 0 N–H and O–H groups in total. The second-order valence-corrected chi connectivity index (χ2v) is 4.75. The number of carbonyl (C=O) groups excluding carboxylic acids is 1. The van der Waals surface area contributed by atoms with Gasteiger partial charge in [-0.3, -0.25) is 0 Å². The van der Waals surface area contributed by atoms with Gasteiger partial charge >= 0.3 is 11.9 Å². The minimum atomic E-state index is -0.625. The molecule has 0 amide bonds. The summed E-state index contributed by atoms with van der Waals surface area (Å²) in [6.45, 7) is 3.76. The average molecular weight is 272 g/mol. The van der Waals surface area contributed by atoms with Crippen molar-refractivity contribution in [2.24, 2.45) is 0 Å². The summed E-state index contributed by atoms with van der Waals surface area (Å²) in [5, 5.41) is 7.53. The summed E-state index contributed by atoms with van der Waals surface area (Å²) in [5.41, 5.74) is 0. The van der Waals surface area contributed by atoms with E-state index in [4.69, 9.17) is 9.15 Å². The van der Waals surface area contributed by atoms with Gasteiger partial charge < -0.3 is 9.15 Å². The first kappa shape index (κ1) is 12.0. The van der Waals surface area contributed by atoms with Gasteiger partial charge in [0.15, 0.2) is 4.34 Å². The van der Waals surface area contributed by atoms with Gasteiger partial charge in [0, 0.05) is 11.8 Å². The Morgan fingerprint density at radius 3 is 3.00 bits per heavy atom. The molecule has 90 valence electrons. The van der Waals surface area contributed by atoms with Crippen LogP contribution in [0.2, 0.25) is 0 Å². The molecule has 0 aliphatic rings. The van der Waals surface area contributed by atoms with Crippen molar-refractivity contribution in [2.45, 2.75) is 23.4 Å². The monoisotopic (exact) mass is 272 g/mol. The lowest BCUT2D eigenvalue weighted by Gasteiger charge is -1.93. The lowest BCUT2D eigenvalue weighted by Crippen LogP contribution is -2.04. The molecule has 2 rings (SSSR count). The molecule has 0 unspecified atom stereocenters. The molecule has 0 fully saturated rings. The van der Waals surface area contributed by atoms with Gasteiger partial charge in [0.1, 0.15) is 5.82 Å². The number of ether oxygens (including phenoxy) is 1. The number of aromatic nitrogens is 4. The molecule has 2 heterocycles. The molecule has 0 bridgehead atoms. The molecule has 9 heteroatoms. The Hall–Kier alpha value is -1.48. The Balaban J connectivity index is 2.06. The van der Waals surface area contributed by atoms with Crippen LogP contribution in [0.3, 0.4) is 0 Å². The summed E-state index contributed by atoms with van der Waals surface area (Å²) in [5.74, 6) is -0.0986. The molecular formula is C8H8N4O3S2. The van der Waals surface area contributed by atoms with Crippen LogP contribution in [0.1, 0.15) is 23.4 Å². The highest BCUT2D eigenvalue weighted by molar-refractivity contribution is 8.00. The molecule has 0 saturated heterocycles. The van der Waals surface area contributed by atoms with Crippen molar-refractivity contribution in [2.75, 3.05) is 6.61 Å². The largest absolute Gasteiger partial charge is 0.459 e. The number of nitrogens with zero attached hydrogens (tertiary/aromatic N) is 4. The number of hydrogen-bond acceptors (Lipinski definition) is 9. The molecule has 0 atom stereocenters. The highest BCUT2D eigenvalue weighted by Crippen LogP contribution is 2.27. The molecule has 7 nitrogen and oxygen atoms in total. The molecule has 17 heavy (non-hydrogen) atoms. The third-order valence-corrected chi connectivity index (χ3v) is 3.22. The van der Waals surface area contributed by atoms with E-state index in [-0.39, 0.29) is 17.7 Å². The van der Waals surface area contributed by atoms with Gasteiger partial charge in [-0.25, -0.2) is 9.78 Å². The van der Waals surface area contributed by atoms with Gasteiger partial charge in [-0.2, -0.15) is 4.37 Å². The topological polar surface area (TPSA) is 91.0 Å². The molecule has 0 saturated carbocycles. The van der Waals surface area contributed by atoms with Crippen molar-refractivity contribution in [1.82, 2.24) is 19.6 Å². The first-order valence-corrected chi connectivity index (χ1v) is 6.27. The van der Waals surface area contributed by atoms with E-state index in [2.05, 4.69) is 19.6 Å². The molecule has 0 aromatic carbocycles. The van der Waals surface area contributed by atoms with E-state index >= 15 is 0 Å². The zero-order chi connectivity index (χ0) is 12.3. The second-order valence-electron chi connectivity index (χ2n) is 2.80. The zero-order valence-corrected chi connectivity index (χ0v) is 10.7. The van der Waals surface area contributed by atoms with E-state index < -0.39 is 5.97 Å². The minimum Gasteiger partial charge on any atom is -0.459 e. The number of rotatable bonds is 4. The first-order chi connectivity index (χ1) is 8.19. The number of aryl methyl sites for hydroxylation is 1.